The van der Waals surface area contributed by atoms with Crippen molar-refractivity contribution >= 4 is 11.0 Å². The lowest BCUT2D eigenvalue weighted by Crippen LogP contribution is -2.01. The minimum Gasteiger partial charge on any atom is -0.392 e. The van der Waals surface area contributed by atoms with E-state index in [-0.39, 0.29) is 6.61 Å². The molecule has 0 saturated heterocycles. The average Bonchev–Trinajstić information content (AvgIpc) is 2.82. The standard InChI is InChI=1S/C13H11N3O/c17-8-10-4-3-7-14-13(10)16-9-15-11-5-1-2-6-12(11)16/h1-7,9,17H,8H2. The summed E-state index contributed by atoms with van der Waals surface area (Å²) in [5.74, 6) is 0.726. The van der Waals surface area contributed by atoms with Crippen molar-refractivity contribution in [3.05, 3.63) is 54.5 Å². The highest BCUT2D eigenvalue weighted by atomic mass is 16.3. The van der Waals surface area contributed by atoms with Crippen LogP contribution < -0.4 is 0 Å². The van der Waals surface area contributed by atoms with Crippen molar-refractivity contribution in [3.8, 4) is 5.82 Å². The molecule has 0 saturated carbocycles. The van der Waals surface area contributed by atoms with Gasteiger partial charge < -0.3 is 5.11 Å². The maximum atomic E-state index is 9.32. The zero-order valence-corrected chi connectivity index (χ0v) is 9.11. The minimum atomic E-state index is -0.0321. The molecule has 3 rings (SSSR count). The third-order valence-corrected chi connectivity index (χ3v) is 2.72. The number of fused-ring (bicyclic) bond motifs is 1. The number of hydrogen-bond acceptors (Lipinski definition) is 3. The predicted molar refractivity (Wildman–Crippen MR) is 64.8 cm³/mol. The maximum Gasteiger partial charge on any atom is 0.143 e. The summed E-state index contributed by atoms with van der Waals surface area (Å²) in [6, 6.07) is 11.5. The first kappa shape index (κ1) is 9.99. The number of benzene rings is 1. The van der Waals surface area contributed by atoms with E-state index in [2.05, 4.69) is 9.97 Å². The van der Waals surface area contributed by atoms with E-state index < -0.39 is 0 Å². The molecule has 4 heteroatoms. The third-order valence-electron chi connectivity index (χ3n) is 2.72. The fraction of sp³-hybridized carbons (Fsp3) is 0.0769. The van der Waals surface area contributed by atoms with Crippen molar-refractivity contribution in [3.63, 3.8) is 0 Å². The first-order valence-corrected chi connectivity index (χ1v) is 5.37. The molecule has 1 aromatic carbocycles. The first-order chi connectivity index (χ1) is 8.40. The van der Waals surface area contributed by atoms with Gasteiger partial charge in [-0.2, -0.15) is 0 Å². The summed E-state index contributed by atoms with van der Waals surface area (Å²) in [5.41, 5.74) is 2.69. The number of aliphatic hydroxyl groups is 1. The summed E-state index contributed by atoms with van der Waals surface area (Å²) >= 11 is 0. The number of aromatic nitrogens is 3. The van der Waals surface area contributed by atoms with Crippen LogP contribution in [0.5, 0.6) is 0 Å². The Morgan fingerprint density at radius 3 is 2.82 bits per heavy atom. The molecule has 0 fully saturated rings. The van der Waals surface area contributed by atoms with Crippen molar-refractivity contribution in [1.29, 1.82) is 0 Å². The third kappa shape index (κ3) is 1.59. The lowest BCUT2D eigenvalue weighted by Gasteiger charge is -2.07. The molecule has 0 aliphatic heterocycles. The summed E-state index contributed by atoms with van der Waals surface area (Å²) in [7, 11) is 0. The second-order valence-corrected chi connectivity index (χ2v) is 3.75. The molecule has 0 aliphatic rings. The number of nitrogens with zero attached hydrogens (tertiary/aromatic N) is 3. The van der Waals surface area contributed by atoms with Gasteiger partial charge in [0, 0.05) is 11.8 Å². The van der Waals surface area contributed by atoms with Gasteiger partial charge in [0.15, 0.2) is 0 Å². The second-order valence-electron chi connectivity index (χ2n) is 3.75. The number of hydrogen-bond donors (Lipinski definition) is 1. The van der Waals surface area contributed by atoms with E-state index in [0.29, 0.717) is 0 Å². The molecule has 0 aliphatic carbocycles. The van der Waals surface area contributed by atoms with Gasteiger partial charge in [-0.15, -0.1) is 0 Å². The highest BCUT2D eigenvalue weighted by Crippen LogP contribution is 2.18. The number of aliphatic hydroxyl groups excluding tert-OH is 1. The Labute approximate surface area is 98.2 Å². The van der Waals surface area contributed by atoms with Crippen LogP contribution in [0.2, 0.25) is 0 Å². The normalized spacial score (nSPS) is 10.9. The Kier molecular flexibility index (Phi) is 2.34. The first-order valence-electron chi connectivity index (χ1n) is 5.37. The minimum absolute atomic E-state index is 0.0321. The summed E-state index contributed by atoms with van der Waals surface area (Å²) in [6.45, 7) is -0.0321. The molecule has 0 atom stereocenters. The van der Waals surface area contributed by atoms with E-state index in [9.17, 15) is 5.11 Å². The van der Waals surface area contributed by atoms with Crippen LogP contribution in [0.4, 0.5) is 0 Å². The summed E-state index contributed by atoms with van der Waals surface area (Å²) in [4.78, 5) is 8.62. The average molecular weight is 225 g/mol. The molecule has 0 spiro atoms. The van der Waals surface area contributed by atoms with Crippen LogP contribution in [0.15, 0.2) is 48.9 Å². The van der Waals surface area contributed by atoms with Crippen LogP contribution in [-0.4, -0.2) is 19.6 Å². The van der Waals surface area contributed by atoms with Gasteiger partial charge in [-0.25, -0.2) is 9.97 Å². The Morgan fingerprint density at radius 1 is 1.06 bits per heavy atom. The highest BCUT2D eigenvalue weighted by molar-refractivity contribution is 5.77. The topological polar surface area (TPSA) is 50.9 Å². The fourth-order valence-corrected chi connectivity index (χ4v) is 1.90. The molecule has 2 aromatic heterocycles. The Hall–Kier alpha value is -2.20. The lowest BCUT2D eigenvalue weighted by molar-refractivity contribution is 0.281. The lowest BCUT2D eigenvalue weighted by atomic mass is 10.2. The molecule has 2 heterocycles. The van der Waals surface area contributed by atoms with Crippen molar-refractivity contribution in [2.24, 2.45) is 0 Å². The zero-order valence-electron chi connectivity index (χ0n) is 9.11. The molecule has 3 aromatic rings. The van der Waals surface area contributed by atoms with Gasteiger partial charge in [0.25, 0.3) is 0 Å². The van der Waals surface area contributed by atoms with E-state index in [1.54, 1.807) is 12.5 Å². The van der Waals surface area contributed by atoms with Crippen LogP contribution in [-0.2, 0) is 6.61 Å². The summed E-state index contributed by atoms with van der Waals surface area (Å²) in [5, 5.41) is 9.32. The number of para-hydroxylation sites is 2. The second kappa shape index (κ2) is 3.99. The van der Waals surface area contributed by atoms with E-state index in [0.717, 1.165) is 22.4 Å². The maximum absolute atomic E-state index is 9.32. The van der Waals surface area contributed by atoms with E-state index in [1.165, 1.54) is 0 Å². The quantitative estimate of drug-likeness (QED) is 0.724. The Morgan fingerprint density at radius 2 is 1.94 bits per heavy atom. The van der Waals surface area contributed by atoms with Gasteiger partial charge in [0.05, 0.1) is 17.6 Å². The number of pyridine rings is 1. The molecule has 84 valence electrons. The van der Waals surface area contributed by atoms with E-state index in [1.807, 2.05) is 41.0 Å². The Balaban J connectivity index is 2.27. The number of imidazole rings is 1. The van der Waals surface area contributed by atoms with Crippen LogP contribution in [0.3, 0.4) is 0 Å². The molecule has 0 radical (unpaired) electrons. The molecule has 0 unspecified atom stereocenters. The van der Waals surface area contributed by atoms with E-state index >= 15 is 0 Å². The number of rotatable bonds is 2. The molecule has 17 heavy (non-hydrogen) atoms. The van der Waals surface area contributed by atoms with Gasteiger partial charge in [-0.1, -0.05) is 18.2 Å². The predicted octanol–water partition coefficient (Wildman–Crippen LogP) is 1.91. The van der Waals surface area contributed by atoms with E-state index in [4.69, 9.17) is 0 Å². The van der Waals surface area contributed by atoms with Gasteiger partial charge >= 0.3 is 0 Å². The smallest absolute Gasteiger partial charge is 0.143 e. The SMILES string of the molecule is OCc1cccnc1-n1cnc2ccccc21. The van der Waals surface area contributed by atoms with Gasteiger partial charge in [0.2, 0.25) is 0 Å². The van der Waals surface area contributed by atoms with Crippen molar-refractivity contribution in [1.82, 2.24) is 14.5 Å². The molecular weight excluding hydrogens is 214 g/mol. The highest BCUT2D eigenvalue weighted by Gasteiger charge is 2.08. The van der Waals surface area contributed by atoms with Crippen LogP contribution in [0, 0.1) is 0 Å². The molecular formula is C13H11N3O. The largest absolute Gasteiger partial charge is 0.392 e. The van der Waals surface area contributed by atoms with Crippen molar-refractivity contribution in [2.45, 2.75) is 6.61 Å². The monoisotopic (exact) mass is 225 g/mol. The molecule has 1 N–H and O–H groups in total. The fourth-order valence-electron chi connectivity index (χ4n) is 1.90. The van der Waals surface area contributed by atoms with Crippen LogP contribution in [0.25, 0.3) is 16.9 Å². The van der Waals surface area contributed by atoms with Crippen molar-refractivity contribution in [2.75, 3.05) is 0 Å². The Bertz CT molecular complexity index is 660. The van der Waals surface area contributed by atoms with Crippen molar-refractivity contribution < 1.29 is 5.11 Å². The summed E-state index contributed by atoms with van der Waals surface area (Å²) in [6.07, 6.45) is 3.44. The molecule has 0 amide bonds. The molecule has 4 nitrogen and oxygen atoms in total. The summed E-state index contributed by atoms with van der Waals surface area (Å²) < 4.78 is 1.89. The van der Waals surface area contributed by atoms with Gasteiger partial charge in [0.1, 0.15) is 12.1 Å². The van der Waals surface area contributed by atoms with Crippen LogP contribution >= 0.6 is 0 Å². The van der Waals surface area contributed by atoms with Crippen LogP contribution in [0.1, 0.15) is 5.56 Å². The van der Waals surface area contributed by atoms with Gasteiger partial charge in [-0.3, -0.25) is 4.57 Å². The molecule has 0 bridgehead atoms. The van der Waals surface area contributed by atoms with Gasteiger partial charge in [-0.05, 0) is 18.2 Å². The zero-order chi connectivity index (χ0) is 11.7.